The van der Waals surface area contributed by atoms with Gasteiger partial charge in [-0.1, -0.05) is 30.3 Å². The molecule has 10 heteroatoms. The van der Waals surface area contributed by atoms with Crippen molar-refractivity contribution >= 4 is 17.5 Å². The molecule has 2 amide bonds. The summed E-state index contributed by atoms with van der Waals surface area (Å²) >= 11 is 0. The summed E-state index contributed by atoms with van der Waals surface area (Å²) in [7, 11) is 3.19. The fraction of sp³-hybridized carbons (Fsp3) is 0.367. The molecule has 2 aromatic carbocycles. The van der Waals surface area contributed by atoms with Gasteiger partial charge in [0.25, 0.3) is 11.8 Å². The van der Waals surface area contributed by atoms with Gasteiger partial charge in [0.1, 0.15) is 18.0 Å². The number of rotatable bonds is 10. The minimum Gasteiger partial charge on any atom is -0.497 e. The molecule has 2 aliphatic rings. The van der Waals surface area contributed by atoms with Gasteiger partial charge in [-0.15, -0.1) is 0 Å². The molecule has 1 aromatic heterocycles. The second kappa shape index (κ2) is 12.8. The molecule has 0 saturated carbocycles. The Labute approximate surface area is 233 Å². The van der Waals surface area contributed by atoms with Gasteiger partial charge < -0.3 is 23.5 Å². The molecule has 1 fully saturated rings. The molecule has 1 atom stereocenters. The van der Waals surface area contributed by atoms with E-state index in [0.29, 0.717) is 44.2 Å². The number of morpholine rings is 1. The molecule has 0 N–H and O–H groups in total. The third-order valence-corrected chi connectivity index (χ3v) is 7.20. The zero-order chi connectivity index (χ0) is 27.9. The number of nitrogens with zero attached hydrogens (tertiary/aromatic N) is 4. The number of ether oxygens (including phenoxy) is 3. The lowest BCUT2D eigenvalue weighted by Crippen LogP contribution is -2.46. The number of carbonyl (C=O) groups excluding carboxylic acids is 2. The van der Waals surface area contributed by atoms with Crippen molar-refractivity contribution in [1.29, 1.82) is 0 Å². The Bertz CT molecular complexity index is 1320. The Hall–Kier alpha value is -4.15. The molecule has 3 heterocycles. The monoisotopic (exact) mass is 546 g/mol. The van der Waals surface area contributed by atoms with Gasteiger partial charge in [-0.05, 0) is 29.8 Å². The molecule has 0 aliphatic carbocycles. The molecule has 1 saturated heterocycles. The molecule has 5 rings (SSSR count). The molecular formula is C30H34N4O6. The third kappa shape index (κ3) is 6.19. The number of hydrogen-bond donors (Lipinski definition) is 0. The van der Waals surface area contributed by atoms with E-state index in [1.165, 1.54) is 11.3 Å². The van der Waals surface area contributed by atoms with Gasteiger partial charge >= 0.3 is 0 Å². The summed E-state index contributed by atoms with van der Waals surface area (Å²) < 4.78 is 21.8. The average molecular weight is 547 g/mol. The minimum absolute atomic E-state index is 0.135. The van der Waals surface area contributed by atoms with Crippen LogP contribution in [0.1, 0.15) is 34.1 Å². The maximum atomic E-state index is 13.9. The van der Waals surface area contributed by atoms with E-state index in [2.05, 4.69) is 4.90 Å². The second-order valence-electron chi connectivity index (χ2n) is 9.64. The lowest BCUT2D eigenvalue weighted by atomic mass is 9.98. The largest absolute Gasteiger partial charge is 0.497 e. The molecule has 0 radical (unpaired) electrons. The van der Waals surface area contributed by atoms with Crippen molar-refractivity contribution in [2.75, 3.05) is 60.2 Å². The topological polar surface area (TPSA) is 97.1 Å². The summed E-state index contributed by atoms with van der Waals surface area (Å²) in [6, 6.07) is 18.3. The minimum atomic E-state index is -0.330. The van der Waals surface area contributed by atoms with E-state index >= 15 is 0 Å². The van der Waals surface area contributed by atoms with Gasteiger partial charge in [0.15, 0.2) is 5.76 Å². The summed E-state index contributed by atoms with van der Waals surface area (Å²) in [5.41, 5.74) is 2.47. The summed E-state index contributed by atoms with van der Waals surface area (Å²) in [4.78, 5) is 31.0. The van der Waals surface area contributed by atoms with Crippen molar-refractivity contribution in [3.8, 4) is 11.5 Å². The number of methoxy groups -OCH3 is 2. The fourth-order valence-corrected chi connectivity index (χ4v) is 5.01. The quantitative estimate of drug-likeness (QED) is 0.384. The summed E-state index contributed by atoms with van der Waals surface area (Å²) in [5.74, 6) is 0.864. The zero-order valence-corrected chi connectivity index (χ0v) is 22.8. The molecule has 2 aliphatic heterocycles. The van der Waals surface area contributed by atoms with Gasteiger partial charge in [0, 0.05) is 44.2 Å². The Morgan fingerprint density at radius 2 is 1.82 bits per heavy atom. The maximum absolute atomic E-state index is 13.9. The number of amides is 2. The van der Waals surface area contributed by atoms with Crippen molar-refractivity contribution in [2.45, 2.75) is 12.5 Å². The first-order chi connectivity index (χ1) is 19.6. The van der Waals surface area contributed by atoms with Crippen LogP contribution in [0.2, 0.25) is 0 Å². The van der Waals surface area contributed by atoms with Crippen LogP contribution in [0.15, 0.2) is 76.4 Å². The third-order valence-electron chi connectivity index (χ3n) is 7.20. The van der Waals surface area contributed by atoms with Crippen LogP contribution < -0.4 is 9.47 Å². The lowest BCUT2D eigenvalue weighted by molar-refractivity contribution is -0.133. The number of hydrogen-bond acceptors (Lipinski definition) is 8. The number of benzene rings is 2. The molecule has 210 valence electrons. The highest BCUT2D eigenvalue weighted by molar-refractivity contribution is 6.05. The predicted molar refractivity (Wildman–Crippen MR) is 149 cm³/mol. The summed E-state index contributed by atoms with van der Waals surface area (Å²) in [6.45, 7) is 3.75. The summed E-state index contributed by atoms with van der Waals surface area (Å²) in [5, 5.41) is 6.30. The van der Waals surface area contributed by atoms with Crippen molar-refractivity contribution in [3.05, 3.63) is 83.8 Å². The van der Waals surface area contributed by atoms with Crippen LogP contribution in [0.25, 0.3) is 0 Å². The molecule has 40 heavy (non-hydrogen) atoms. The SMILES string of the molecule is COc1ccc(C2=NN(C(=O)CN(CCN3CCOCC3)C(=O)c3ccco3)[C@@H](c3ccccc3)C2)c(OC)c1. The van der Waals surface area contributed by atoms with Crippen LogP contribution in [0.3, 0.4) is 0 Å². The Morgan fingerprint density at radius 3 is 2.52 bits per heavy atom. The van der Waals surface area contributed by atoms with E-state index in [1.54, 1.807) is 37.3 Å². The molecule has 0 bridgehead atoms. The van der Waals surface area contributed by atoms with E-state index in [1.807, 2.05) is 42.5 Å². The maximum Gasteiger partial charge on any atom is 0.290 e. The number of carbonyl (C=O) groups is 2. The Morgan fingerprint density at radius 1 is 1.02 bits per heavy atom. The highest BCUT2D eigenvalue weighted by atomic mass is 16.5. The number of furan rings is 1. The average Bonchev–Trinajstić information content (AvgIpc) is 3.71. The van der Waals surface area contributed by atoms with Crippen molar-refractivity contribution < 1.29 is 28.2 Å². The van der Waals surface area contributed by atoms with Crippen LogP contribution in [-0.4, -0.2) is 92.5 Å². The van der Waals surface area contributed by atoms with E-state index < -0.39 is 0 Å². The molecule has 0 spiro atoms. The van der Waals surface area contributed by atoms with E-state index in [9.17, 15) is 9.59 Å². The lowest BCUT2D eigenvalue weighted by Gasteiger charge is -2.30. The second-order valence-corrected chi connectivity index (χ2v) is 9.64. The van der Waals surface area contributed by atoms with Crippen LogP contribution in [0, 0.1) is 0 Å². The summed E-state index contributed by atoms with van der Waals surface area (Å²) in [6.07, 6.45) is 1.96. The highest BCUT2D eigenvalue weighted by Crippen LogP contribution is 2.36. The van der Waals surface area contributed by atoms with E-state index in [-0.39, 0.29) is 30.2 Å². The zero-order valence-electron chi connectivity index (χ0n) is 22.8. The van der Waals surface area contributed by atoms with Gasteiger partial charge in [0.05, 0.1) is 45.5 Å². The number of hydrazone groups is 1. The smallest absolute Gasteiger partial charge is 0.290 e. The Balaban J connectivity index is 1.41. The van der Waals surface area contributed by atoms with Gasteiger partial charge in [-0.3, -0.25) is 14.5 Å². The molecule has 3 aromatic rings. The van der Waals surface area contributed by atoms with Crippen LogP contribution in [0.5, 0.6) is 11.5 Å². The van der Waals surface area contributed by atoms with Gasteiger partial charge in [-0.2, -0.15) is 5.10 Å². The van der Waals surface area contributed by atoms with Crippen LogP contribution >= 0.6 is 0 Å². The fourth-order valence-electron chi connectivity index (χ4n) is 5.01. The standard InChI is InChI=1S/C30H34N4O6/c1-37-23-10-11-24(28(19-23)38-2)25-20-26(22-7-4-3-5-8-22)34(31-25)29(35)21-33(30(36)27-9-6-16-40-27)13-12-32-14-17-39-18-15-32/h3-11,16,19,26H,12-15,17-18,20-21H2,1-2H3/t26-/m1/s1. The van der Waals surface area contributed by atoms with Gasteiger partial charge in [0.2, 0.25) is 0 Å². The van der Waals surface area contributed by atoms with E-state index in [0.717, 1.165) is 29.9 Å². The molecule has 10 nitrogen and oxygen atoms in total. The predicted octanol–water partition coefficient (Wildman–Crippen LogP) is 3.45. The first kappa shape index (κ1) is 27.4. The highest BCUT2D eigenvalue weighted by Gasteiger charge is 2.35. The first-order valence-electron chi connectivity index (χ1n) is 13.4. The normalized spacial score (nSPS) is 17.4. The van der Waals surface area contributed by atoms with Crippen LogP contribution in [0.4, 0.5) is 0 Å². The molecular weight excluding hydrogens is 512 g/mol. The molecule has 0 unspecified atom stereocenters. The van der Waals surface area contributed by atoms with E-state index in [4.69, 9.17) is 23.7 Å². The van der Waals surface area contributed by atoms with Gasteiger partial charge in [-0.25, -0.2) is 5.01 Å². The van der Waals surface area contributed by atoms with Crippen LogP contribution in [-0.2, 0) is 9.53 Å². The van der Waals surface area contributed by atoms with Crippen molar-refractivity contribution in [3.63, 3.8) is 0 Å². The Kier molecular flexibility index (Phi) is 8.78. The first-order valence-corrected chi connectivity index (χ1v) is 13.4. The van der Waals surface area contributed by atoms with Crippen molar-refractivity contribution in [2.24, 2.45) is 5.10 Å². The van der Waals surface area contributed by atoms with Crippen molar-refractivity contribution in [1.82, 2.24) is 14.8 Å².